The molecule has 1 unspecified atom stereocenters. The van der Waals surface area contributed by atoms with E-state index in [4.69, 9.17) is 4.42 Å². The summed E-state index contributed by atoms with van der Waals surface area (Å²) in [6, 6.07) is 17.4. The van der Waals surface area contributed by atoms with E-state index in [-0.39, 0.29) is 11.9 Å². The Hall–Kier alpha value is -2.55. The molecule has 2 aromatic carbocycles. The van der Waals surface area contributed by atoms with Crippen LogP contribution in [-0.4, -0.2) is 17.9 Å². The second-order valence-electron chi connectivity index (χ2n) is 5.59. The van der Waals surface area contributed by atoms with Crippen molar-refractivity contribution in [3.05, 3.63) is 71.5 Å². The van der Waals surface area contributed by atoms with E-state index in [1.54, 1.807) is 4.90 Å². The summed E-state index contributed by atoms with van der Waals surface area (Å²) >= 11 is 0. The van der Waals surface area contributed by atoms with Crippen LogP contribution in [0.25, 0.3) is 11.0 Å². The lowest BCUT2D eigenvalue weighted by molar-refractivity contribution is 0.0727. The summed E-state index contributed by atoms with van der Waals surface area (Å²) in [5.74, 6) is 0.802. The molecule has 1 atom stereocenters. The first-order valence-electron chi connectivity index (χ1n) is 7.39. The number of fused-ring (bicyclic) bond motifs is 1. The third-order valence-corrected chi connectivity index (χ3v) is 4.13. The predicted octanol–water partition coefficient (Wildman–Crippen LogP) is 4.57. The minimum Gasteiger partial charge on any atom is -0.459 e. The molecule has 0 bridgehead atoms. The van der Waals surface area contributed by atoms with E-state index in [0.717, 1.165) is 27.9 Å². The Labute approximate surface area is 130 Å². The zero-order valence-corrected chi connectivity index (χ0v) is 13.0. The Morgan fingerprint density at radius 2 is 1.77 bits per heavy atom. The summed E-state index contributed by atoms with van der Waals surface area (Å²) in [4.78, 5) is 14.4. The molecular formula is C19H19NO2. The number of nitrogens with zero attached hydrogens (tertiary/aromatic N) is 1. The maximum absolute atomic E-state index is 12.7. The summed E-state index contributed by atoms with van der Waals surface area (Å²) in [5.41, 5.74) is 2.56. The Morgan fingerprint density at radius 1 is 1.09 bits per heavy atom. The molecule has 0 spiro atoms. The van der Waals surface area contributed by atoms with Gasteiger partial charge in [0.15, 0.2) is 0 Å². The highest BCUT2D eigenvalue weighted by Crippen LogP contribution is 2.27. The second-order valence-corrected chi connectivity index (χ2v) is 5.59. The third-order valence-electron chi connectivity index (χ3n) is 4.13. The van der Waals surface area contributed by atoms with Crippen LogP contribution in [0.2, 0.25) is 0 Å². The van der Waals surface area contributed by atoms with Crippen molar-refractivity contribution in [1.82, 2.24) is 4.90 Å². The number of benzene rings is 2. The summed E-state index contributed by atoms with van der Waals surface area (Å²) in [6.45, 7) is 3.93. The molecule has 0 fully saturated rings. The fraction of sp³-hybridized carbons (Fsp3) is 0.211. The molecule has 0 aliphatic carbocycles. The maximum Gasteiger partial charge on any atom is 0.254 e. The number of hydrogen-bond acceptors (Lipinski definition) is 2. The van der Waals surface area contributed by atoms with Crippen molar-refractivity contribution in [2.24, 2.45) is 0 Å². The minimum atomic E-state index is -0.125. The van der Waals surface area contributed by atoms with Crippen molar-refractivity contribution in [1.29, 1.82) is 0 Å². The van der Waals surface area contributed by atoms with Gasteiger partial charge in [-0.1, -0.05) is 36.4 Å². The number of furan rings is 1. The second kappa shape index (κ2) is 5.68. The van der Waals surface area contributed by atoms with Crippen LogP contribution in [0.5, 0.6) is 0 Å². The van der Waals surface area contributed by atoms with E-state index in [0.29, 0.717) is 0 Å². The highest BCUT2D eigenvalue weighted by Gasteiger charge is 2.22. The molecule has 112 valence electrons. The summed E-state index contributed by atoms with van der Waals surface area (Å²) < 4.78 is 5.87. The van der Waals surface area contributed by atoms with Gasteiger partial charge < -0.3 is 9.32 Å². The van der Waals surface area contributed by atoms with Crippen LogP contribution in [0.4, 0.5) is 0 Å². The average Bonchev–Trinajstić information content (AvgIpc) is 2.97. The Morgan fingerprint density at radius 3 is 2.50 bits per heavy atom. The van der Waals surface area contributed by atoms with Gasteiger partial charge in [-0.3, -0.25) is 4.79 Å². The summed E-state index contributed by atoms with van der Waals surface area (Å²) in [5, 5.41) is 1.06. The first-order chi connectivity index (χ1) is 10.6. The lowest BCUT2D eigenvalue weighted by Crippen LogP contribution is -2.29. The molecule has 3 heteroatoms. The maximum atomic E-state index is 12.7. The van der Waals surface area contributed by atoms with Crippen LogP contribution < -0.4 is 0 Å². The van der Waals surface area contributed by atoms with Crippen LogP contribution in [0, 0.1) is 6.92 Å². The van der Waals surface area contributed by atoms with Crippen LogP contribution in [0.15, 0.2) is 59.0 Å². The van der Waals surface area contributed by atoms with Gasteiger partial charge in [0.05, 0.1) is 6.04 Å². The van der Waals surface area contributed by atoms with Crippen LogP contribution in [0.1, 0.15) is 34.6 Å². The zero-order chi connectivity index (χ0) is 15.7. The molecule has 0 radical (unpaired) electrons. The van der Waals surface area contributed by atoms with Gasteiger partial charge in [0, 0.05) is 18.0 Å². The van der Waals surface area contributed by atoms with Gasteiger partial charge in [-0.05, 0) is 37.6 Å². The van der Waals surface area contributed by atoms with Gasteiger partial charge in [-0.15, -0.1) is 0 Å². The first-order valence-corrected chi connectivity index (χ1v) is 7.39. The molecule has 0 saturated carbocycles. The van der Waals surface area contributed by atoms with E-state index >= 15 is 0 Å². The molecule has 1 aromatic heterocycles. The number of carbonyl (C=O) groups is 1. The number of amides is 1. The van der Waals surface area contributed by atoms with E-state index in [1.165, 1.54) is 0 Å². The predicted molar refractivity (Wildman–Crippen MR) is 87.9 cm³/mol. The Kier molecular flexibility index (Phi) is 3.72. The van der Waals surface area contributed by atoms with Crippen molar-refractivity contribution in [2.75, 3.05) is 7.05 Å². The van der Waals surface area contributed by atoms with Crippen molar-refractivity contribution in [3.8, 4) is 0 Å². The van der Waals surface area contributed by atoms with Gasteiger partial charge in [-0.2, -0.15) is 0 Å². The van der Waals surface area contributed by atoms with Crippen LogP contribution in [-0.2, 0) is 0 Å². The molecule has 0 aliphatic rings. The van der Waals surface area contributed by atoms with Crippen molar-refractivity contribution in [2.45, 2.75) is 19.9 Å². The normalized spacial score (nSPS) is 12.3. The molecule has 0 aliphatic heterocycles. The zero-order valence-electron chi connectivity index (χ0n) is 13.0. The van der Waals surface area contributed by atoms with Crippen molar-refractivity contribution < 1.29 is 9.21 Å². The fourth-order valence-corrected chi connectivity index (χ4v) is 2.58. The smallest absolute Gasteiger partial charge is 0.254 e. The average molecular weight is 293 g/mol. The van der Waals surface area contributed by atoms with Crippen molar-refractivity contribution in [3.63, 3.8) is 0 Å². The molecule has 22 heavy (non-hydrogen) atoms. The van der Waals surface area contributed by atoms with Crippen LogP contribution >= 0.6 is 0 Å². The molecule has 3 aromatic rings. The first kappa shape index (κ1) is 14.4. The van der Waals surface area contributed by atoms with Gasteiger partial charge in [0.2, 0.25) is 0 Å². The summed E-state index contributed by atoms with van der Waals surface area (Å²) in [7, 11) is 1.81. The Balaban J connectivity index is 1.89. The summed E-state index contributed by atoms with van der Waals surface area (Å²) in [6.07, 6.45) is 0. The van der Waals surface area contributed by atoms with Crippen LogP contribution in [0.3, 0.4) is 0 Å². The molecular weight excluding hydrogens is 274 g/mol. The molecule has 3 nitrogen and oxygen atoms in total. The monoisotopic (exact) mass is 293 g/mol. The molecule has 0 N–H and O–H groups in total. The van der Waals surface area contributed by atoms with E-state index in [9.17, 15) is 4.79 Å². The van der Waals surface area contributed by atoms with Gasteiger partial charge in [-0.25, -0.2) is 0 Å². The van der Waals surface area contributed by atoms with Gasteiger partial charge in [0.25, 0.3) is 5.91 Å². The van der Waals surface area contributed by atoms with E-state index in [1.807, 2.05) is 75.5 Å². The fourth-order valence-electron chi connectivity index (χ4n) is 2.58. The molecule has 0 saturated heterocycles. The largest absolute Gasteiger partial charge is 0.459 e. The number of rotatable bonds is 3. The molecule has 3 rings (SSSR count). The number of aryl methyl sites for hydroxylation is 1. The molecule has 1 amide bonds. The number of carbonyl (C=O) groups excluding carboxylic acids is 1. The highest BCUT2D eigenvalue weighted by atomic mass is 16.3. The SMILES string of the molecule is Cc1ccccc1C(=O)N(C)C(C)c1cc2ccccc2o1. The number of hydrogen-bond donors (Lipinski definition) is 0. The quantitative estimate of drug-likeness (QED) is 0.708. The lowest BCUT2D eigenvalue weighted by atomic mass is 10.1. The lowest BCUT2D eigenvalue weighted by Gasteiger charge is -2.24. The Bertz CT molecular complexity index is 786. The van der Waals surface area contributed by atoms with Gasteiger partial charge >= 0.3 is 0 Å². The highest BCUT2D eigenvalue weighted by molar-refractivity contribution is 5.95. The van der Waals surface area contributed by atoms with E-state index in [2.05, 4.69) is 0 Å². The molecule has 1 heterocycles. The third kappa shape index (κ3) is 2.50. The minimum absolute atomic E-state index is 0.00561. The van der Waals surface area contributed by atoms with Gasteiger partial charge in [0.1, 0.15) is 11.3 Å². The van der Waals surface area contributed by atoms with E-state index < -0.39 is 0 Å². The topological polar surface area (TPSA) is 33.5 Å². The van der Waals surface area contributed by atoms with Crippen molar-refractivity contribution >= 4 is 16.9 Å². The standard InChI is InChI=1S/C19H19NO2/c1-13-8-4-6-10-16(13)19(21)20(3)14(2)18-12-15-9-5-7-11-17(15)22-18/h4-12,14H,1-3H3. The number of para-hydroxylation sites is 1.